The van der Waals surface area contributed by atoms with Crippen LogP contribution in [0.15, 0.2) is 36.0 Å². The summed E-state index contributed by atoms with van der Waals surface area (Å²) in [5.41, 5.74) is 1.61. The van der Waals surface area contributed by atoms with E-state index in [1.54, 1.807) is 41.1 Å². The van der Waals surface area contributed by atoms with Gasteiger partial charge in [-0.15, -0.1) is 0 Å². The molecule has 10 nitrogen and oxygen atoms in total. The molecule has 33 heavy (non-hydrogen) atoms. The van der Waals surface area contributed by atoms with Crippen LogP contribution in [0, 0.1) is 0 Å². The minimum absolute atomic E-state index is 0.00383. The van der Waals surface area contributed by atoms with Gasteiger partial charge in [0.15, 0.2) is 5.65 Å². The molecule has 3 aromatic rings. The van der Waals surface area contributed by atoms with Crippen molar-refractivity contribution in [1.82, 2.24) is 19.9 Å². The Morgan fingerprint density at radius 1 is 1.30 bits per heavy atom. The molecule has 11 heteroatoms. The highest BCUT2D eigenvalue weighted by Gasteiger charge is 2.26. The van der Waals surface area contributed by atoms with E-state index in [1.807, 2.05) is 0 Å². The van der Waals surface area contributed by atoms with E-state index in [0.717, 1.165) is 12.8 Å². The number of imide groups is 1. The Bertz CT molecular complexity index is 1340. The Labute approximate surface area is 193 Å². The van der Waals surface area contributed by atoms with Crippen molar-refractivity contribution in [3.8, 4) is 5.75 Å². The summed E-state index contributed by atoms with van der Waals surface area (Å²) in [7, 11) is 1.46. The van der Waals surface area contributed by atoms with Crippen LogP contribution in [0.5, 0.6) is 5.75 Å². The maximum absolute atomic E-state index is 12.9. The molecule has 168 valence electrons. The molecule has 1 saturated carbocycles. The largest absolute Gasteiger partial charge is 0.496 e. The molecule has 3 amide bonds. The number of benzene rings is 1. The van der Waals surface area contributed by atoms with Crippen LogP contribution in [0.25, 0.3) is 11.7 Å². The number of anilines is 2. The van der Waals surface area contributed by atoms with Crippen LogP contribution in [0.2, 0.25) is 5.02 Å². The fraction of sp³-hybridized carbons (Fsp3) is 0.227. The van der Waals surface area contributed by atoms with Crippen LogP contribution in [-0.4, -0.2) is 45.5 Å². The predicted molar refractivity (Wildman–Crippen MR) is 121 cm³/mol. The number of carbonyl (C=O) groups is 3. The number of carbonyl (C=O) groups excluding carboxylic acids is 3. The molecular weight excluding hydrogens is 448 g/mol. The van der Waals surface area contributed by atoms with Crippen molar-refractivity contribution in [1.29, 1.82) is 0 Å². The van der Waals surface area contributed by atoms with Crippen molar-refractivity contribution >= 4 is 52.7 Å². The Morgan fingerprint density at radius 2 is 2.12 bits per heavy atom. The van der Waals surface area contributed by atoms with Gasteiger partial charge in [-0.25, -0.2) is 4.98 Å². The summed E-state index contributed by atoms with van der Waals surface area (Å²) >= 11 is 6.00. The second-order valence-electron chi connectivity index (χ2n) is 7.80. The topological polar surface area (TPSA) is 127 Å². The molecule has 0 unspecified atom stereocenters. The number of nitrogens with zero attached hydrogens (tertiary/aromatic N) is 3. The highest BCUT2D eigenvalue weighted by Crippen LogP contribution is 2.29. The number of aromatic nitrogens is 3. The van der Waals surface area contributed by atoms with E-state index in [-0.39, 0.29) is 12.3 Å². The highest BCUT2D eigenvalue weighted by molar-refractivity contribution is 6.31. The summed E-state index contributed by atoms with van der Waals surface area (Å²) < 4.78 is 6.88. The van der Waals surface area contributed by atoms with Crippen molar-refractivity contribution < 1.29 is 19.1 Å². The first-order valence-corrected chi connectivity index (χ1v) is 10.6. The van der Waals surface area contributed by atoms with E-state index in [1.165, 1.54) is 7.11 Å². The third kappa shape index (κ3) is 4.24. The second-order valence-corrected chi connectivity index (χ2v) is 8.24. The Morgan fingerprint density at radius 3 is 2.82 bits per heavy atom. The quantitative estimate of drug-likeness (QED) is 0.376. The Balaban J connectivity index is 1.53. The molecule has 1 aliphatic carbocycles. The van der Waals surface area contributed by atoms with Gasteiger partial charge in [0.2, 0.25) is 5.91 Å². The van der Waals surface area contributed by atoms with Crippen LogP contribution in [-0.2, 0) is 9.59 Å². The van der Waals surface area contributed by atoms with Gasteiger partial charge >= 0.3 is 0 Å². The summed E-state index contributed by atoms with van der Waals surface area (Å²) in [5, 5.41) is 13.3. The van der Waals surface area contributed by atoms with Crippen molar-refractivity contribution in [2.24, 2.45) is 0 Å². The van der Waals surface area contributed by atoms with Crippen molar-refractivity contribution in [3.63, 3.8) is 0 Å². The van der Waals surface area contributed by atoms with E-state index in [2.05, 4.69) is 26.0 Å². The number of rotatable bonds is 6. The lowest BCUT2D eigenvalue weighted by molar-refractivity contribution is -0.124. The zero-order chi connectivity index (χ0) is 23.1. The second kappa shape index (κ2) is 8.21. The van der Waals surface area contributed by atoms with Gasteiger partial charge in [0.25, 0.3) is 11.8 Å². The minimum atomic E-state index is -0.435. The van der Waals surface area contributed by atoms with Crippen LogP contribution in [0.4, 0.5) is 11.6 Å². The first kappa shape index (κ1) is 21.0. The first-order valence-electron chi connectivity index (χ1n) is 10.3. The fourth-order valence-electron chi connectivity index (χ4n) is 3.53. The molecule has 0 radical (unpaired) electrons. The number of nitrogens with one attached hydrogen (secondary N) is 3. The minimum Gasteiger partial charge on any atom is -0.496 e. The van der Waals surface area contributed by atoms with Crippen LogP contribution in [0.3, 0.4) is 0 Å². The van der Waals surface area contributed by atoms with E-state index in [0.29, 0.717) is 50.8 Å². The average Bonchev–Trinajstić information content (AvgIpc) is 3.42. The third-order valence-corrected chi connectivity index (χ3v) is 5.54. The summed E-state index contributed by atoms with van der Waals surface area (Å²) in [5.74, 6) is 0.0749. The van der Waals surface area contributed by atoms with Crippen LogP contribution in [0.1, 0.15) is 35.2 Å². The summed E-state index contributed by atoms with van der Waals surface area (Å²) in [4.78, 5) is 41.0. The molecule has 5 rings (SSSR count). The summed E-state index contributed by atoms with van der Waals surface area (Å²) in [6.07, 6.45) is 5.22. The smallest absolute Gasteiger partial charge is 0.260 e. The molecule has 2 fully saturated rings. The molecule has 2 aliphatic rings. The van der Waals surface area contributed by atoms with Gasteiger partial charge in [0.1, 0.15) is 17.4 Å². The number of halogens is 1. The molecular formula is C22H19ClN6O4. The van der Waals surface area contributed by atoms with Crippen molar-refractivity contribution in [3.05, 3.63) is 52.2 Å². The fourth-order valence-corrected chi connectivity index (χ4v) is 3.69. The van der Waals surface area contributed by atoms with Gasteiger partial charge in [-0.2, -0.15) is 9.61 Å². The molecule has 0 bridgehead atoms. The molecule has 0 atom stereocenters. The summed E-state index contributed by atoms with van der Waals surface area (Å²) in [6.45, 7) is 0. The normalized spacial score (nSPS) is 16.8. The average molecular weight is 467 g/mol. The van der Waals surface area contributed by atoms with Gasteiger partial charge in [-0.05, 0) is 37.1 Å². The maximum Gasteiger partial charge on any atom is 0.260 e. The molecule has 2 aromatic heterocycles. The van der Waals surface area contributed by atoms with E-state index >= 15 is 0 Å². The Kier molecular flexibility index (Phi) is 5.21. The molecule has 1 aromatic carbocycles. The number of amides is 3. The zero-order valence-electron chi connectivity index (χ0n) is 17.5. The van der Waals surface area contributed by atoms with Gasteiger partial charge in [0.05, 0.1) is 25.3 Å². The van der Waals surface area contributed by atoms with Gasteiger partial charge in [-0.1, -0.05) is 11.6 Å². The van der Waals surface area contributed by atoms with E-state index < -0.39 is 11.8 Å². The number of methoxy groups -OCH3 is 1. The van der Waals surface area contributed by atoms with Crippen LogP contribution >= 0.6 is 11.6 Å². The lowest BCUT2D eigenvalue weighted by atomic mass is 10.1. The lowest BCUT2D eigenvalue weighted by Crippen LogP contribution is -2.19. The van der Waals surface area contributed by atoms with Gasteiger partial charge < -0.3 is 15.4 Å². The standard InChI is InChI=1S/C22H19ClN6O4/c1-33-16-8-13(23)2-5-15(16)22(32)27-17-9-18(25-14-3-4-14)29-20(26-17)12(10-24-29)6-11-7-19(30)28-21(11)31/h2,5-6,8-10,14,25H,3-4,7H2,1H3,(H,26,27,32)(H,28,30,31)/b11-6+. The number of hydrogen-bond donors (Lipinski definition) is 3. The SMILES string of the molecule is COc1cc(Cl)ccc1C(=O)Nc1cc(NC2CC2)n2ncc(/C=C3\CC(=O)NC3=O)c2n1. The van der Waals surface area contributed by atoms with Gasteiger partial charge in [0, 0.05) is 28.3 Å². The van der Waals surface area contributed by atoms with Crippen molar-refractivity contribution in [2.45, 2.75) is 25.3 Å². The van der Waals surface area contributed by atoms with Gasteiger partial charge in [-0.3, -0.25) is 19.7 Å². The molecule has 1 aliphatic heterocycles. The highest BCUT2D eigenvalue weighted by atomic mass is 35.5. The molecule has 3 N–H and O–H groups in total. The number of ether oxygens (including phenoxy) is 1. The number of hydrogen-bond acceptors (Lipinski definition) is 7. The lowest BCUT2D eigenvalue weighted by Gasteiger charge is -2.12. The van der Waals surface area contributed by atoms with Crippen molar-refractivity contribution in [2.75, 3.05) is 17.7 Å². The predicted octanol–water partition coefficient (Wildman–Crippen LogP) is 2.65. The molecule has 0 spiro atoms. The number of fused-ring (bicyclic) bond motifs is 1. The maximum atomic E-state index is 12.9. The molecule has 3 heterocycles. The Hall–Kier alpha value is -3.92. The third-order valence-electron chi connectivity index (χ3n) is 5.30. The molecule has 1 saturated heterocycles. The zero-order valence-corrected chi connectivity index (χ0v) is 18.3. The van der Waals surface area contributed by atoms with Crippen LogP contribution < -0.4 is 20.7 Å². The van der Waals surface area contributed by atoms with E-state index in [4.69, 9.17) is 16.3 Å². The monoisotopic (exact) mass is 466 g/mol. The summed E-state index contributed by atoms with van der Waals surface area (Å²) in [6, 6.07) is 6.75. The van der Waals surface area contributed by atoms with E-state index in [9.17, 15) is 14.4 Å². The first-order chi connectivity index (χ1) is 15.9.